The number of nitrogens with one attached hydrogen (secondary N) is 10. The molecule has 28 nitrogen and oxygen atoms in total. The molecule has 1 aliphatic rings. The summed E-state index contributed by atoms with van der Waals surface area (Å²) < 4.78 is 0. The van der Waals surface area contributed by atoms with E-state index in [1.165, 1.54) is 18.9 Å². The van der Waals surface area contributed by atoms with Gasteiger partial charge in [-0.2, -0.15) is 0 Å². The molecule has 18 N–H and O–H groups in total. The smallest absolute Gasteiger partial charge is 0.327 e. The second-order valence-electron chi connectivity index (χ2n) is 26.8. The lowest BCUT2D eigenvalue weighted by atomic mass is 9.97. The lowest BCUT2D eigenvalue weighted by molar-refractivity contribution is -0.143. The van der Waals surface area contributed by atoms with Crippen LogP contribution >= 0.6 is 21.6 Å². The number of nitrogens with zero attached hydrogens (tertiary/aromatic N) is 1. The molecule has 10 amide bonds. The van der Waals surface area contributed by atoms with E-state index in [1.807, 2.05) is 62.4 Å². The molecule has 1 fully saturated rings. The van der Waals surface area contributed by atoms with Gasteiger partial charge in [-0.1, -0.05) is 193 Å². The third-order valence-corrected chi connectivity index (χ3v) is 20.4. The average molecular weight is 1510 g/mol. The van der Waals surface area contributed by atoms with E-state index >= 15 is 19.2 Å². The van der Waals surface area contributed by atoms with Crippen molar-refractivity contribution in [1.82, 2.24) is 58.1 Å². The van der Waals surface area contributed by atoms with Crippen LogP contribution in [0.25, 0.3) is 10.8 Å². The van der Waals surface area contributed by atoms with Crippen LogP contribution in [0.2, 0.25) is 0 Å². The summed E-state index contributed by atoms with van der Waals surface area (Å²) in [5, 5.41) is 71.5. The Labute approximate surface area is 630 Å². The first-order valence-electron chi connectivity index (χ1n) is 35.5. The zero-order valence-electron chi connectivity index (χ0n) is 60.5. The quantitative estimate of drug-likeness (QED) is 0.0349. The largest absolute Gasteiger partial charge is 0.480 e. The SMILES string of the molecule is CC(C)NCc1ccc(C[C@@H]2NC(=O)[C@@H](Cc3ccc4ccccc4c3)N(C)C(=O)[C@H](Cc3ccccc3)NC(=O)[C@H](Cc3ccccc3)NC(=O)[C@H](CCCCN)NC(=O)[C@@H](N)CSSC[C@@H](C(=O)O)NC(=O)[C@H](CO)NC(=O)[C@H]([C@@H](C)O)NC(=O)[C@H](Cc3ccccc3)NC(=O)[C@H]([C@@H](C)O)NC2=O)cc1. The van der Waals surface area contributed by atoms with Crippen molar-refractivity contribution in [2.75, 3.05) is 31.7 Å². The van der Waals surface area contributed by atoms with Gasteiger partial charge in [-0.25, -0.2) is 4.79 Å². The van der Waals surface area contributed by atoms with Gasteiger partial charge < -0.3 is 90.0 Å². The Morgan fingerprint density at radius 2 is 0.879 bits per heavy atom. The molecule has 1 saturated heterocycles. The molecule has 6 aromatic carbocycles. The number of rotatable bonds is 21. The molecule has 0 aliphatic carbocycles. The van der Waals surface area contributed by atoms with Gasteiger partial charge in [-0.15, -0.1) is 0 Å². The number of carbonyl (C=O) groups excluding carboxylic acids is 10. The van der Waals surface area contributed by atoms with E-state index < -0.39 is 150 Å². The molecule has 13 atom stereocenters. The summed E-state index contributed by atoms with van der Waals surface area (Å²) in [4.78, 5) is 162. The number of carboxylic acid groups (broad SMARTS) is 1. The zero-order chi connectivity index (χ0) is 77.7. The van der Waals surface area contributed by atoms with Crippen LogP contribution in [-0.4, -0.2) is 207 Å². The molecule has 1 aliphatic heterocycles. The van der Waals surface area contributed by atoms with Gasteiger partial charge in [0.05, 0.1) is 24.9 Å². The number of carbonyl (C=O) groups is 11. The van der Waals surface area contributed by atoms with E-state index in [0.29, 0.717) is 47.2 Å². The average Bonchev–Trinajstić information content (AvgIpc) is 0.813. The number of benzene rings is 6. The predicted molar refractivity (Wildman–Crippen MR) is 408 cm³/mol. The van der Waals surface area contributed by atoms with E-state index in [9.17, 15) is 54.0 Å². The minimum Gasteiger partial charge on any atom is -0.480 e. The van der Waals surface area contributed by atoms with Crippen molar-refractivity contribution in [2.45, 2.75) is 170 Å². The summed E-state index contributed by atoms with van der Waals surface area (Å²) in [6.07, 6.45) is -3.61. The number of aliphatic carboxylic acids is 1. The first-order valence-corrected chi connectivity index (χ1v) is 38.0. The van der Waals surface area contributed by atoms with E-state index in [4.69, 9.17) is 11.5 Å². The number of nitrogens with two attached hydrogens (primary N) is 2. The number of hydrogen-bond acceptors (Lipinski definition) is 19. The first kappa shape index (κ1) is 84.5. The summed E-state index contributed by atoms with van der Waals surface area (Å²) in [5.74, 6) is -11.8. The van der Waals surface area contributed by atoms with Crippen LogP contribution in [0.1, 0.15) is 80.3 Å². The molecule has 0 bridgehead atoms. The van der Waals surface area contributed by atoms with Gasteiger partial charge in [0.2, 0.25) is 59.1 Å². The van der Waals surface area contributed by atoms with Crippen molar-refractivity contribution in [3.8, 4) is 0 Å². The van der Waals surface area contributed by atoms with Gasteiger partial charge in [0.25, 0.3) is 0 Å². The molecule has 0 radical (unpaired) electrons. The summed E-state index contributed by atoms with van der Waals surface area (Å²) in [7, 11) is 3.23. The summed E-state index contributed by atoms with van der Waals surface area (Å²) >= 11 is 0. The van der Waals surface area contributed by atoms with Crippen LogP contribution in [0.15, 0.2) is 158 Å². The Balaban J connectivity index is 1.34. The monoisotopic (exact) mass is 1510 g/mol. The first-order chi connectivity index (χ1) is 51.2. The molecule has 107 heavy (non-hydrogen) atoms. The fourth-order valence-electron chi connectivity index (χ4n) is 11.8. The van der Waals surface area contributed by atoms with Gasteiger partial charge >= 0.3 is 5.97 Å². The molecule has 0 aromatic heterocycles. The molecule has 574 valence electrons. The van der Waals surface area contributed by atoms with E-state index in [-0.39, 0.29) is 62.6 Å². The Hall–Kier alpha value is -9.79. The maximum Gasteiger partial charge on any atom is 0.327 e. The molecule has 1 heterocycles. The van der Waals surface area contributed by atoms with Crippen LogP contribution in [0.3, 0.4) is 0 Å². The fraction of sp³-hybridized carbons (Fsp3) is 0.416. The lowest BCUT2D eigenvalue weighted by Crippen LogP contribution is -2.63. The third kappa shape index (κ3) is 26.6. The van der Waals surface area contributed by atoms with Crippen molar-refractivity contribution >= 4 is 97.4 Å². The molecular formula is C77H99N13O15S2. The molecule has 0 unspecified atom stereocenters. The number of aliphatic hydroxyl groups excluding tert-OH is 3. The molecular weight excluding hydrogens is 1410 g/mol. The van der Waals surface area contributed by atoms with E-state index in [0.717, 1.165) is 44.8 Å². The minimum atomic E-state index is -1.91. The summed E-state index contributed by atoms with van der Waals surface area (Å²) in [6.45, 7) is 5.94. The van der Waals surface area contributed by atoms with Crippen LogP contribution in [0.4, 0.5) is 0 Å². The maximum absolute atomic E-state index is 15.8. The topological polar surface area (TPSA) is 444 Å². The number of fused-ring (bicyclic) bond motifs is 1. The summed E-state index contributed by atoms with van der Waals surface area (Å²) in [6, 6.07) is 28.5. The van der Waals surface area contributed by atoms with E-state index in [1.54, 1.807) is 109 Å². The van der Waals surface area contributed by atoms with Crippen LogP contribution in [0, 0.1) is 0 Å². The van der Waals surface area contributed by atoms with Gasteiger partial charge in [-0.3, -0.25) is 47.9 Å². The van der Waals surface area contributed by atoms with Crippen molar-refractivity contribution in [3.63, 3.8) is 0 Å². The number of aliphatic hydroxyl groups is 3. The number of amides is 10. The third-order valence-electron chi connectivity index (χ3n) is 17.9. The van der Waals surface area contributed by atoms with E-state index in [2.05, 4.69) is 53.2 Å². The zero-order valence-corrected chi connectivity index (χ0v) is 62.1. The number of unbranched alkanes of at least 4 members (excludes halogenated alkanes) is 1. The number of likely N-dealkylation sites (N-methyl/N-ethyl adjacent to an activating group) is 1. The highest BCUT2D eigenvalue weighted by Gasteiger charge is 2.40. The lowest BCUT2D eigenvalue weighted by Gasteiger charge is -2.33. The second kappa shape index (κ2) is 42.5. The van der Waals surface area contributed by atoms with Gasteiger partial charge in [0.1, 0.15) is 60.4 Å². The number of carboxylic acids is 1. The van der Waals surface area contributed by atoms with Crippen molar-refractivity contribution in [3.05, 3.63) is 191 Å². The highest BCUT2D eigenvalue weighted by Crippen LogP contribution is 2.24. The minimum absolute atomic E-state index is 0.0316. The molecule has 6 aromatic rings. The van der Waals surface area contributed by atoms with Gasteiger partial charge in [0, 0.05) is 63.2 Å². The standard InChI is InChI=1S/C77H99N13O15S2/c1-45(2)80-41-52-30-28-51(29-31-52)38-59-70(97)88-65(46(3)92)74(101)84-60(37-49-21-11-7-12-22-49)71(98)89-66(47(4)93)75(102)86-62(42-91)72(99)87-63(77(104)105)44-107-106-43-56(79)67(94)81-57(27-17-18-34-78)68(95)82-58(36-48-19-9-6-10-20-48)69(96)85-61(39-50-23-13-8-14-24-50)76(103)90(5)64(73(100)83-59)40-53-32-33-54-25-15-16-26-55(54)35-53/h6-16,19-26,28-33,35,45-47,56-66,80,91-93H,17-18,27,34,36-44,78-79H2,1-5H3,(H,81,94)(H,82,95)(H,83,100)(H,84,101)(H,85,96)(H,86,102)(H,87,99)(H,88,97)(H,89,98)(H,104,105)/t46-,47-,56+,57+,58+,59+,60+,61+,62+,63+,64-,65+,66+/m1/s1. The normalized spacial score (nSPS) is 23.6. The van der Waals surface area contributed by atoms with Gasteiger partial charge in [0.15, 0.2) is 0 Å². The van der Waals surface area contributed by atoms with Crippen molar-refractivity contribution < 1.29 is 73.2 Å². The molecule has 7 rings (SSSR count). The van der Waals surface area contributed by atoms with Crippen LogP contribution in [0.5, 0.6) is 0 Å². The highest BCUT2D eigenvalue weighted by molar-refractivity contribution is 8.76. The Bertz CT molecular complexity index is 3960. The van der Waals surface area contributed by atoms with Crippen molar-refractivity contribution in [1.29, 1.82) is 0 Å². The predicted octanol–water partition coefficient (Wildman–Crippen LogP) is 0.731. The van der Waals surface area contributed by atoms with Crippen LogP contribution < -0.4 is 64.6 Å². The second-order valence-corrected chi connectivity index (χ2v) is 29.4. The van der Waals surface area contributed by atoms with Crippen LogP contribution in [-0.2, 0) is 91.4 Å². The van der Waals surface area contributed by atoms with Crippen molar-refractivity contribution in [2.24, 2.45) is 11.5 Å². The Kier molecular flexibility index (Phi) is 33.6. The molecule has 0 spiro atoms. The highest BCUT2D eigenvalue weighted by atomic mass is 33.1. The summed E-state index contributed by atoms with van der Waals surface area (Å²) in [5.41, 5.74) is 15.9. The fourth-order valence-corrected chi connectivity index (χ4v) is 14.0. The maximum atomic E-state index is 15.8. The Morgan fingerprint density at radius 3 is 1.38 bits per heavy atom. The van der Waals surface area contributed by atoms with Gasteiger partial charge in [-0.05, 0) is 83.8 Å². The molecule has 0 saturated carbocycles. The number of hydrogen-bond donors (Lipinski definition) is 16. The Morgan fingerprint density at radius 1 is 0.467 bits per heavy atom. The molecule has 30 heteroatoms.